The number of guanidine groups is 1. The molecule has 3 saturated heterocycles. The molecule has 3 heterocycles. The molecule has 0 aromatic rings. The van der Waals surface area contributed by atoms with E-state index in [0.717, 1.165) is 58.2 Å². The number of nitrogens with zero attached hydrogens (tertiary/aromatic N) is 3. The summed E-state index contributed by atoms with van der Waals surface area (Å²) >= 11 is 0. The zero-order valence-electron chi connectivity index (χ0n) is 17.8. The Kier molecular flexibility index (Phi) is 10.00. The van der Waals surface area contributed by atoms with Gasteiger partial charge in [0.2, 0.25) is 0 Å². The predicted molar refractivity (Wildman–Crippen MR) is 128 cm³/mol. The number of hydrogen-bond acceptors (Lipinski definition) is 4. The number of halogens is 1. The fourth-order valence-corrected chi connectivity index (χ4v) is 4.80. The molecule has 28 heavy (non-hydrogen) atoms. The van der Waals surface area contributed by atoms with Crippen molar-refractivity contribution < 1.29 is 4.74 Å². The van der Waals surface area contributed by atoms with Gasteiger partial charge in [-0.2, -0.15) is 0 Å². The van der Waals surface area contributed by atoms with E-state index >= 15 is 0 Å². The summed E-state index contributed by atoms with van der Waals surface area (Å²) < 4.78 is 5.67. The van der Waals surface area contributed by atoms with Crippen molar-refractivity contribution in [3.8, 4) is 0 Å². The SMILES string of the molecule is C=C(C)CN1CCC(NC(=NC)NCC2(N3CCCC3)CCOCC2)CC1.I. The Morgan fingerprint density at radius 1 is 1.14 bits per heavy atom. The van der Waals surface area contributed by atoms with E-state index in [9.17, 15) is 0 Å². The van der Waals surface area contributed by atoms with Crippen LogP contribution in [0.4, 0.5) is 0 Å². The van der Waals surface area contributed by atoms with E-state index in [0.29, 0.717) is 6.04 Å². The van der Waals surface area contributed by atoms with Crippen LogP contribution in [0.2, 0.25) is 0 Å². The van der Waals surface area contributed by atoms with Gasteiger partial charge in [0.1, 0.15) is 0 Å². The molecule has 0 aromatic heterocycles. The Morgan fingerprint density at radius 3 is 2.36 bits per heavy atom. The van der Waals surface area contributed by atoms with Gasteiger partial charge in [-0.05, 0) is 58.5 Å². The summed E-state index contributed by atoms with van der Waals surface area (Å²) in [6.45, 7) is 14.6. The van der Waals surface area contributed by atoms with Gasteiger partial charge in [-0.1, -0.05) is 12.2 Å². The van der Waals surface area contributed by atoms with Crippen LogP contribution in [-0.4, -0.2) is 86.9 Å². The molecule has 2 N–H and O–H groups in total. The lowest BCUT2D eigenvalue weighted by atomic mass is 9.88. The van der Waals surface area contributed by atoms with Crippen molar-refractivity contribution in [1.82, 2.24) is 20.4 Å². The Labute approximate surface area is 188 Å². The minimum Gasteiger partial charge on any atom is -0.381 e. The third-order valence-corrected chi connectivity index (χ3v) is 6.43. The predicted octanol–water partition coefficient (Wildman–Crippen LogP) is 2.45. The number of hydrogen-bond donors (Lipinski definition) is 2. The van der Waals surface area contributed by atoms with Gasteiger partial charge in [0.05, 0.1) is 0 Å². The molecule has 0 radical (unpaired) electrons. The van der Waals surface area contributed by atoms with E-state index in [1.165, 1.54) is 44.3 Å². The van der Waals surface area contributed by atoms with Crippen LogP contribution in [-0.2, 0) is 4.74 Å². The highest BCUT2D eigenvalue weighted by Crippen LogP contribution is 2.30. The van der Waals surface area contributed by atoms with E-state index in [2.05, 4.69) is 38.9 Å². The van der Waals surface area contributed by atoms with Crippen LogP contribution in [0.3, 0.4) is 0 Å². The highest BCUT2D eigenvalue weighted by atomic mass is 127. The molecule has 0 amide bonds. The Balaban J connectivity index is 0.00000280. The van der Waals surface area contributed by atoms with E-state index in [4.69, 9.17) is 4.74 Å². The van der Waals surface area contributed by atoms with Crippen molar-refractivity contribution in [2.45, 2.75) is 57.0 Å². The number of nitrogens with one attached hydrogen (secondary N) is 2. The first-order valence-electron chi connectivity index (χ1n) is 10.8. The maximum Gasteiger partial charge on any atom is 0.191 e. The van der Waals surface area contributed by atoms with Crippen LogP contribution in [0, 0.1) is 0 Å². The molecule has 3 aliphatic rings. The van der Waals surface area contributed by atoms with Crippen LogP contribution in [0.25, 0.3) is 0 Å². The van der Waals surface area contributed by atoms with Gasteiger partial charge in [0, 0.05) is 58.0 Å². The monoisotopic (exact) mass is 505 g/mol. The number of ether oxygens (including phenoxy) is 1. The quantitative estimate of drug-likeness (QED) is 0.252. The molecule has 0 atom stereocenters. The number of piperidine rings is 1. The van der Waals surface area contributed by atoms with Crippen molar-refractivity contribution >= 4 is 29.9 Å². The molecule has 0 aliphatic carbocycles. The standard InChI is InChI=1S/C21H39N5O.HI/c1-18(2)16-25-12-6-19(7-13-25)24-20(22-3)23-17-21(8-14-27-15-9-21)26-10-4-5-11-26;/h19H,1,4-17H2,2-3H3,(H2,22,23,24);1H. The molecular weight excluding hydrogens is 465 g/mol. The van der Waals surface area contributed by atoms with Crippen LogP contribution in [0.1, 0.15) is 45.4 Å². The summed E-state index contributed by atoms with van der Waals surface area (Å²) in [5, 5.41) is 7.33. The van der Waals surface area contributed by atoms with Crippen LogP contribution < -0.4 is 10.6 Å². The van der Waals surface area contributed by atoms with Crippen molar-refractivity contribution in [2.75, 3.05) is 59.5 Å². The number of rotatable bonds is 6. The largest absolute Gasteiger partial charge is 0.381 e. The maximum absolute atomic E-state index is 5.67. The van der Waals surface area contributed by atoms with Gasteiger partial charge in [0.25, 0.3) is 0 Å². The topological polar surface area (TPSA) is 52.1 Å². The van der Waals surface area contributed by atoms with Crippen molar-refractivity contribution in [3.05, 3.63) is 12.2 Å². The van der Waals surface area contributed by atoms with Gasteiger partial charge < -0.3 is 15.4 Å². The van der Waals surface area contributed by atoms with Crippen molar-refractivity contribution in [1.29, 1.82) is 0 Å². The fourth-order valence-electron chi connectivity index (χ4n) is 4.80. The molecule has 7 heteroatoms. The number of aliphatic imine (C=N–C) groups is 1. The third-order valence-electron chi connectivity index (χ3n) is 6.43. The molecule has 3 aliphatic heterocycles. The van der Waals surface area contributed by atoms with E-state index in [-0.39, 0.29) is 29.5 Å². The molecule has 0 aromatic carbocycles. The molecule has 6 nitrogen and oxygen atoms in total. The van der Waals surface area contributed by atoms with Gasteiger partial charge in [0.15, 0.2) is 5.96 Å². The van der Waals surface area contributed by atoms with Gasteiger partial charge in [-0.15, -0.1) is 24.0 Å². The lowest BCUT2D eigenvalue weighted by Gasteiger charge is -2.45. The maximum atomic E-state index is 5.67. The third kappa shape index (κ3) is 6.57. The normalized spacial score (nSPS) is 24.6. The lowest BCUT2D eigenvalue weighted by Crippen LogP contribution is -2.59. The molecular formula is C21H40IN5O. The molecule has 3 fully saturated rings. The van der Waals surface area contributed by atoms with Crippen LogP contribution in [0.15, 0.2) is 17.1 Å². The van der Waals surface area contributed by atoms with Gasteiger partial charge >= 0.3 is 0 Å². The first-order chi connectivity index (χ1) is 13.1. The van der Waals surface area contributed by atoms with E-state index in [1.54, 1.807) is 0 Å². The lowest BCUT2D eigenvalue weighted by molar-refractivity contribution is -0.0164. The second kappa shape index (κ2) is 11.7. The summed E-state index contributed by atoms with van der Waals surface area (Å²) in [4.78, 5) is 9.71. The highest BCUT2D eigenvalue weighted by Gasteiger charge is 2.39. The minimum absolute atomic E-state index is 0. The summed E-state index contributed by atoms with van der Waals surface area (Å²) in [5.74, 6) is 0.957. The summed E-state index contributed by atoms with van der Waals surface area (Å²) in [5.41, 5.74) is 1.49. The Morgan fingerprint density at radius 2 is 1.79 bits per heavy atom. The summed E-state index contributed by atoms with van der Waals surface area (Å²) in [6.07, 6.45) is 7.24. The fraction of sp³-hybridized carbons (Fsp3) is 0.857. The first kappa shape index (κ1) is 23.9. The first-order valence-corrected chi connectivity index (χ1v) is 10.8. The zero-order chi connectivity index (χ0) is 19.1. The average Bonchev–Trinajstić information content (AvgIpc) is 3.22. The van der Waals surface area contributed by atoms with E-state index < -0.39 is 0 Å². The average molecular weight is 505 g/mol. The Bertz CT molecular complexity index is 507. The molecule has 0 unspecified atom stereocenters. The molecule has 0 spiro atoms. The van der Waals surface area contributed by atoms with E-state index in [1.807, 2.05) is 7.05 Å². The van der Waals surface area contributed by atoms with Crippen LogP contribution >= 0.6 is 24.0 Å². The van der Waals surface area contributed by atoms with Crippen molar-refractivity contribution in [2.24, 2.45) is 4.99 Å². The minimum atomic E-state index is 0. The van der Waals surface area contributed by atoms with Crippen LogP contribution in [0.5, 0.6) is 0 Å². The summed E-state index contributed by atoms with van der Waals surface area (Å²) in [6, 6.07) is 0.509. The van der Waals surface area contributed by atoms with Gasteiger partial charge in [-0.25, -0.2) is 0 Å². The Hall–Kier alpha value is -0.380. The molecule has 3 rings (SSSR count). The second-order valence-electron chi connectivity index (χ2n) is 8.61. The van der Waals surface area contributed by atoms with Crippen molar-refractivity contribution in [3.63, 3.8) is 0 Å². The second-order valence-corrected chi connectivity index (χ2v) is 8.61. The molecule has 0 bridgehead atoms. The van der Waals surface area contributed by atoms with Gasteiger partial charge in [-0.3, -0.25) is 14.8 Å². The molecule has 0 saturated carbocycles. The highest BCUT2D eigenvalue weighted by molar-refractivity contribution is 14.0. The summed E-state index contributed by atoms with van der Waals surface area (Å²) in [7, 11) is 1.89. The molecule has 162 valence electrons. The number of likely N-dealkylation sites (tertiary alicyclic amines) is 2. The zero-order valence-corrected chi connectivity index (χ0v) is 20.2. The smallest absolute Gasteiger partial charge is 0.191 e.